The molecule has 0 N–H and O–H groups in total. The minimum absolute atomic E-state index is 0.0593. The van der Waals surface area contributed by atoms with Gasteiger partial charge in [-0.1, -0.05) is 6.92 Å². The van der Waals surface area contributed by atoms with E-state index in [9.17, 15) is 4.79 Å². The SMILES string of the molecule is CCOC(=O)C(CC)N1CCN(CCN(C)C)CC1. The Morgan fingerprint density at radius 2 is 1.84 bits per heavy atom. The molecule has 1 rings (SSSR count). The van der Waals surface area contributed by atoms with Gasteiger partial charge in [-0.2, -0.15) is 0 Å². The Hall–Kier alpha value is -0.650. The standard InChI is InChI=1S/C14H29N3O2/c1-5-13(14(18)19-6-2)17-11-9-16(10-12-17)8-7-15(3)4/h13H,5-12H2,1-4H3. The van der Waals surface area contributed by atoms with Crippen LogP contribution in [0.15, 0.2) is 0 Å². The Labute approximate surface area is 117 Å². The largest absolute Gasteiger partial charge is 0.465 e. The molecule has 0 aromatic rings. The van der Waals surface area contributed by atoms with E-state index in [1.807, 2.05) is 6.92 Å². The summed E-state index contributed by atoms with van der Waals surface area (Å²) in [5.41, 5.74) is 0. The van der Waals surface area contributed by atoms with Crippen LogP contribution >= 0.6 is 0 Å². The van der Waals surface area contributed by atoms with E-state index < -0.39 is 0 Å². The van der Waals surface area contributed by atoms with E-state index in [-0.39, 0.29) is 12.0 Å². The van der Waals surface area contributed by atoms with Crippen molar-refractivity contribution in [1.29, 1.82) is 0 Å². The molecule has 112 valence electrons. The van der Waals surface area contributed by atoms with Gasteiger partial charge in [-0.15, -0.1) is 0 Å². The van der Waals surface area contributed by atoms with Gasteiger partial charge in [0.05, 0.1) is 6.61 Å². The second-order valence-electron chi connectivity index (χ2n) is 5.36. The van der Waals surface area contributed by atoms with Crippen molar-refractivity contribution in [2.75, 3.05) is 60.0 Å². The summed E-state index contributed by atoms with van der Waals surface area (Å²) in [4.78, 5) is 18.8. The third-order valence-electron chi connectivity index (χ3n) is 3.66. The average molecular weight is 271 g/mol. The Balaban J connectivity index is 2.36. The van der Waals surface area contributed by atoms with E-state index >= 15 is 0 Å². The molecule has 0 aromatic heterocycles. The van der Waals surface area contributed by atoms with Crippen molar-refractivity contribution in [3.63, 3.8) is 0 Å². The predicted molar refractivity (Wildman–Crippen MR) is 77.3 cm³/mol. The smallest absolute Gasteiger partial charge is 0.323 e. The first-order chi connectivity index (χ1) is 9.08. The number of piperazine rings is 1. The zero-order valence-electron chi connectivity index (χ0n) is 12.9. The summed E-state index contributed by atoms with van der Waals surface area (Å²) in [7, 11) is 4.20. The summed E-state index contributed by atoms with van der Waals surface area (Å²) in [5, 5.41) is 0. The molecule has 1 unspecified atom stereocenters. The molecule has 1 atom stereocenters. The van der Waals surface area contributed by atoms with Crippen LogP contribution < -0.4 is 0 Å². The lowest BCUT2D eigenvalue weighted by atomic mass is 10.1. The number of likely N-dealkylation sites (N-methyl/N-ethyl adjacent to an activating group) is 1. The quantitative estimate of drug-likeness (QED) is 0.631. The van der Waals surface area contributed by atoms with Gasteiger partial charge in [0.25, 0.3) is 0 Å². The molecule has 0 amide bonds. The molecule has 1 aliphatic heterocycles. The van der Waals surface area contributed by atoms with Crippen LogP contribution in [0.3, 0.4) is 0 Å². The maximum Gasteiger partial charge on any atom is 0.323 e. The molecule has 0 radical (unpaired) electrons. The Kier molecular flexibility index (Phi) is 7.34. The van der Waals surface area contributed by atoms with Crippen LogP contribution in [0.2, 0.25) is 0 Å². The lowest BCUT2D eigenvalue weighted by molar-refractivity contribution is -0.150. The van der Waals surface area contributed by atoms with Crippen molar-refractivity contribution < 1.29 is 9.53 Å². The fourth-order valence-corrected chi connectivity index (χ4v) is 2.45. The van der Waals surface area contributed by atoms with Crippen molar-refractivity contribution in [2.24, 2.45) is 0 Å². The highest BCUT2D eigenvalue weighted by Gasteiger charge is 2.28. The molecular formula is C14H29N3O2. The first kappa shape index (κ1) is 16.4. The second-order valence-corrected chi connectivity index (χ2v) is 5.36. The van der Waals surface area contributed by atoms with Gasteiger partial charge < -0.3 is 9.64 Å². The topological polar surface area (TPSA) is 36.0 Å². The van der Waals surface area contributed by atoms with Crippen LogP contribution in [0.4, 0.5) is 0 Å². The van der Waals surface area contributed by atoms with Gasteiger partial charge in [0.2, 0.25) is 0 Å². The normalized spacial score (nSPS) is 19.6. The molecule has 0 saturated carbocycles. The molecule has 1 aliphatic rings. The molecule has 0 aliphatic carbocycles. The highest BCUT2D eigenvalue weighted by Crippen LogP contribution is 2.11. The number of carbonyl (C=O) groups is 1. The number of ether oxygens (including phenoxy) is 1. The average Bonchev–Trinajstić information content (AvgIpc) is 2.39. The van der Waals surface area contributed by atoms with E-state index in [1.54, 1.807) is 0 Å². The molecule has 5 nitrogen and oxygen atoms in total. The third kappa shape index (κ3) is 5.47. The number of nitrogens with zero attached hydrogens (tertiary/aromatic N) is 3. The molecule has 1 heterocycles. The molecule has 0 spiro atoms. The van der Waals surface area contributed by atoms with Crippen LogP contribution in [0.1, 0.15) is 20.3 Å². The number of hydrogen-bond donors (Lipinski definition) is 0. The van der Waals surface area contributed by atoms with Crippen molar-refractivity contribution in [2.45, 2.75) is 26.3 Å². The third-order valence-corrected chi connectivity index (χ3v) is 3.66. The first-order valence-electron chi connectivity index (χ1n) is 7.36. The summed E-state index contributed by atoms with van der Waals surface area (Å²) in [5.74, 6) is -0.0632. The number of rotatable bonds is 7. The van der Waals surface area contributed by atoms with E-state index in [4.69, 9.17) is 4.74 Å². The van der Waals surface area contributed by atoms with E-state index in [0.717, 1.165) is 45.7 Å². The van der Waals surface area contributed by atoms with Gasteiger partial charge in [0.1, 0.15) is 6.04 Å². The van der Waals surface area contributed by atoms with Crippen molar-refractivity contribution in [1.82, 2.24) is 14.7 Å². The van der Waals surface area contributed by atoms with Crippen LogP contribution in [0, 0.1) is 0 Å². The highest BCUT2D eigenvalue weighted by atomic mass is 16.5. The number of carbonyl (C=O) groups excluding carboxylic acids is 1. The minimum Gasteiger partial charge on any atom is -0.465 e. The summed E-state index contributed by atoms with van der Waals surface area (Å²) >= 11 is 0. The molecule has 0 bridgehead atoms. The molecule has 19 heavy (non-hydrogen) atoms. The zero-order chi connectivity index (χ0) is 14.3. The number of hydrogen-bond acceptors (Lipinski definition) is 5. The lowest BCUT2D eigenvalue weighted by Crippen LogP contribution is -2.53. The Bertz CT molecular complexity index is 263. The van der Waals surface area contributed by atoms with Crippen molar-refractivity contribution in [3.8, 4) is 0 Å². The molecular weight excluding hydrogens is 242 g/mol. The van der Waals surface area contributed by atoms with E-state index in [0.29, 0.717) is 6.61 Å². The molecule has 1 fully saturated rings. The van der Waals surface area contributed by atoms with Gasteiger partial charge in [0, 0.05) is 39.3 Å². The second kappa shape index (κ2) is 8.51. The van der Waals surface area contributed by atoms with Gasteiger partial charge in [0.15, 0.2) is 0 Å². The highest BCUT2D eigenvalue weighted by molar-refractivity contribution is 5.75. The summed E-state index contributed by atoms with van der Waals surface area (Å²) in [6.07, 6.45) is 0.830. The van der Waals surface area contributed by atoms with Gasteiger partial charge in [-0.3, -0.25) is 14.6 Å². The monoisotopic (exact) mass is 271 g/mol. The summed E-state index contributed by atoms with van der Waals surface area (Å²) in [6, 6.07) is -0.0593. The fourth-order valence-electron chi connectivity index (χ4n) is 2.45. The maximum absolute atomic E-state index is 11.9. The van der Waals surface area contributed by atoms with Crippen molar-refractivity contribution in [3.05, 3.63) is 0 Å². The van der Waals surface area contributed by atoms with Gasteiger partial charge >= 0.3 is 5.97 Å². The van der Waals surface area contributed by atoms with Gasteiger partial charge in [-0.25, -0.2) is 0 Å². The predicted octanol–water partition coefficient (Wildman–Crippen LogP) is 0.507. The Morgan fingerprint density at radius 3 is 2.32 bits per heavy atom. The summed E-state index contributed by atoms with van der Waals surface area (Å²) < 4.78 is 5.15. The van der Waals surface area contributed by atoms with Crippen LogP contribution in [-0.4, -0.2) is 86.7 Å². The van der Waals surface area contributed by atoms with Gasteiger partial charge in [-0.05, 0) is 27.4 Å². The maximum atomic E-state index is 11.9. The van der Waals surface area contributed by atoms with E-state index in [2.05, 4.69) is 35.7 Å². The van der Waals surface area contributed by atoms with Crippen LogP contribution in [0.25, 0.3) is 0 Å². The van der Waals surface area contributed by atoms with Crippen LogP contribution in [0.5, 0.6) is 0 Å². The molecule has 5 heteroatoms. The summed E-state index contributed by atoms with van der Waals surface area (Å²) in [6.45, 7) is 10.6. The zero-order valence-corrected chi connectivity index (χ0v) is 12.9. The van der Waals surface area contributed by atoms with Crippen LogP contribution in [-0.2, 0) is 9.53 Å². The minimum atomic E-state index is -0.0632. The van der Waals surface area contributed by atoms with Crippen molar-refractivity contribution >= 4 is 5.97 Å². The number of esters is 1. The van der Waals surface area contributed by atoms with E-state index in [1.165, 1.54) is 0 Å². The first-order valence-corrected chi connectivity index (χ1v) is 7.36. The fraction of sp³-hybridized carbons (Fsp3) is 0.929. The molecule has 0 aromatic carbocycles. The lowest BCUT2D eigenvalue weighted by Gasteiger charge is -2.38. The Morgan fingerprint density at radius 1 is 1.21 bits per heavy atom. The molecule has 1 saturated heterocycles.